The van der Waals surface area contributed by atoms with Crippen LogP contribution in [0.4, 0.5) is 5.00 Å². The van der Waals surface area contributed by atoms with Crippen LogP contribution in [0.3, 0.4) is 0 Å². The molecule has 3 aromatic rings. The maximum absolute atomic E-state index is 13.1. The smallest absolute Gasteiger partial charge is 0.295 e. The number of rotatable bonds is 3. The van der Waals surface area contributed by atoms with E-state index in [0.717, 1.165) is 23.0 Å². The van der Waals surface area contributed by atoms with E-state index in [2.05, 4.69) is 18.7 Å². The Bertz CT molecular complexity index is 1040. The van der Waals surface area contributed by atoms with Crippen molar-refractivity contribution in [2.75, 3.05) is 24.7 Å². The van der Waals surface area contributed by atoms with Crippen molar-refractivity contribution in [3.63, 3.8) is 0 Å². The highest BCUT2D eigenvalue weighted by Crippen LogP contribution is 2.40. The Labute approximate surface area is 173 Å². The van der Waals surface area contributed by atoms with Gasteiger partial charge in [-0.05, 0) is 43.7 Å². The van der Waals surface area contributed by atoms with Gasteiger partial charge >= 0.3 is 0 Å². The molecular weight excluding hydrogens is 388 g/mol. The van der Waals surface area contributed by atoms with E-state index < -0.39 is 0 Å². The molecule has 5 rings (SSSR count). The fourth-order valence-corrected chi connectivity index (χ4v) is 5.01. The van der Waals surface area contributed by atoms with Gasteiger partial charge in [0, 0.05) is 23.5 Å². The number of furan rings is 1. The van der Waals surface area contributed by atoms with Crippen LogP contribution in [0.1, 0.15) is 26.6 Å². The number of hydrogen-bond acceptors (Lipinski definition) is 6. The summed E-state index contributed by atoms with van der Waals surface area (Å²) < 4.78 is 17.4. The van der Waals surface area contributed by atoms with Crippen molar-refractivity contribution in [3.05, 3.63) is 64.4 Å². The van der Waals surface area contributed by atoms with Crippen molar-refractivity contribution in [1.29, 1.82) is 0 Å². The first-order chi connectivity index (χ1) is 14.1. The predicted molar refractivity (Wildman–Crippen MR) is 111 cm³/mol. The van der Waals surface area contributed by atoms with Crippen LogP contribution in [0.5, 0.6) is 11.5 Å². The third-order valence-corrected chi connectivity index (χ3v) is 6.74. The summed E-state index contributed by atoms with van der Waals surface area (Å²) in [4.78, 5) is 18.4. The van der Waals surface area contributed by atoms with Gasteiger partial charge in [0.2, 0.25) is 0 Å². The number of carbonyl (C=O) groups excluding carboxylic acids is 1. The lowest BCUT2D eigenvalue weighted by Gasteiger charge is -2.37. The minimum atomic E-state index is -0.117. The second kappa shape index (κ2) is 7.24. The number of nitrogens with zero attached hydrogens (tertiary/aromatic N) is 2. The van der Waals surface area contributed by atoms with E-state index in [0.29, 0.717) is 25.6 Å². The van der Waals surface area contributed by atoms with Crippen molar-refractivity contribution in [1.82, 2.24) is 4.90 Å². The number of thiophene rings is 1. The first kappa shape index (κ1) is 18.3. The number of hydrogen-bond donors (Lipinski definition) is 0. The van der Waals surface area contributed by atoms with Crippen LogP contribution in [0, 0.1) is 13.8 Å². The van der Waals surface area contributed by atoms with Crippen molar-refractivity contribution in [2.24, 2.45) is 0 Å². The molecular formula is C22H22N2O4S. The topological polar surface area (TPSA) is 55.2 Å². The molecule has 2 aliphatic heterocycles. The largest absolute Gasteiger partial charge is 0.486 e. The zero-order valence-electron chi connectivity index (χ0n) is 16.4. The van der Waals surface area contributed by atoms with Crippen molar-refractivity contribution >= 4 is 22.2 Å². The minimum absolute atomic E-state index is 0.0907. The highest BCUT2D eigenvalue weighted by Gasteiger charge is 2.34. The zero-order valence-corrected chi connectivity index (χ0v) is 17.2. The molecule has 0 aliphatic carbocycles. The molecule has 0 radical (unpaired) electrons. The summed E-state index contributed by atoms with van der Waals surface area (Å²) in [5, 5.41) is 1.02. The van der Waals surface area contributed by atoms with Gasteiger partial charge < -0.3 is 13.9 Å². The van der Waals surface area contributed by atoms with E-state index in [9.17, 15) is 4.79 Å². The average molecular weight is 410 g/mol. The SMILES string of the molecule is Cc1sc2c(c1C)CN(C[C@@H]1COc3ccccc3O1)CN2C(=O)c1ccco1. The van der Waals surface area contributed by atoms with E-state index in [-0.39, 0.29) is 12.0 Å². The molecule has 2 aliphatic rings. The number of aryl methyl sites for hydroxylation is 1. The first-order valence-electron chi connectivity index (χ1n) is 9.65. The fourth-order valence-electron chi connectivity index (χ4n) is 3.85. The Morgan fingerprint density at radius 3 is 2.79 bits per heavy atom. The van der Waals surface area contributed by atoms with Gasteiger partial charge in [-0.3, -0.25) is 14.6 Å². The Morgan fingerprint density at radius 2 is 2.00 bits per heavy atom. The first-order valence-corrected chi connectivity index (χ1v) is 10.5. The Hall–Kier alpha value is -2.77. The molecule has 0 saturated heterocycles. The van der Waals surface area contributed by atoms with Gasteiger partial charge in [-0.15, -0.1) is 11.3 Å². The number of para-hydroxylation sites is 2. The van der Waals surface area contributed by atoms with Crippen LogP contribution in [0.15, 0.2) is 47.1 Å². The quantitative estimate of drug-likeness (QED) is 0.647. The summed E-state index contributed by atoms with van der Waals surface area (Å²) >= 11 is 1.67. The maximum Gasteiger partial charge on any atom is 0.295 e. The third-order valence-electron chi connectivity index (χ3n) is 5.46. The van der Waals surface area contributed by atoms with Gasteiger partial charge in [-0.1, -0.05) is 12.1 Å². The van der Waals surface area contributed by atoms with Crippen LogP contribution >= 0.6 is 11.3 Å². The lowest BCUT2D eigenvalue weighted by molar-refractivity contribution is 0.0537. The van der Waals surface area contributed by atoms with E-state index in [1.54, 1.807) is 23.5 Å². The zero-order chi connectivity index (χ0) is 20.0. The molecule has 150 valence electrons. The van der Waals surface area contributed by atoms with Crippen LogP contribution in [0.25, 0.3) is 0 Å². The maximum atomic E-state index is 13.1. The second-order valence-corrected chi connectivity index (χ2v) is 8.63. The molecule has 0 saturated carbocycles. The highest BCUT2D eigenvalue weighted by atomic mass is 32.1. The predicted octanol–water partition coefficient (Wildman–Crippen LogP) is 4.22. The average Bonchev–Trinajstić information content (AvgIpc) is 3.37. The molecule has 2 aromatic heterocycles. The van der Waals surface area contributed by atoms with Crippen LogP contribution in [-0.2, 0) is 6.54 Å². The van der Waals surface area contributed by atoms with Gasteiger partial charge in [0.05, 0.1) is 12.9 Å². The lowest BCUT2D eigenvalue weighted by atomic mass is 10.1. The molecule has 0 bridgehead atoms. The summed E-state index contributed by atoms with van der Waals surface area (Å²) in [6.45, 7) is 6.67. The summed E-state index contributed by atoms with van der Waals surface area (Å²) in [5.74, 6) is 1.79. The van der Waals surface area contributed by atoms with Crippen molar-refractivity contribution < 1.29 is 18.7 Å². The Balaban J connectivity index is 1.39. The standard InChI is InChI=1S/C22H22N2O4S/c1-14-15(2)29-22-17(14)11-23(13-24(22)21(25)20-8-5-9-26-20)10-16-12-27-18-6-3-4-7-19(18)28-16/h3-9,16H,10-13H2,1-2H3/t16-/m1/s1. The molecule has 1 amide bonds. The fraction of sp³-hybridized carbons (Fsp3) is 0.318. The molecule has 1 atom stereocenters. The highest BCUT2D eigenvalue weighted by molar-refractivity contribution is 7.16. The molecule has 0 spiro atoms. The van der Waals surface area contributed by atoms with Gasteiger partial charge in [0.25, 0.3) is 5.91 Å². The number of carbonyl (C=O) groups is 1. The second-order valence-electron chi connectivity index (χ2n) is 7.43. The number of benzene rings is 1. The normalized spacial score (nSPS) is 18.6. The molecule has 6 nitrogen and oxygen atoms in total. The van der Waals surface area contributed by atoms with E-state index >= 15 is 0 Å². The molecule has 0 N–H and O–H groups in total. The molecule has 0 fully saturated rings. The number of fused-ring (bicyclic) bond motifs is 2. The van der Waals surface area contributed by atoms with Crippen LogP contribution < -0.4 is 14.4 Å². The molecule has 0 unspecified atom stereocenters. The van der Waals surface area contributed by atoms with Gasteiger partial charge in [-0.25, -0.2) is 0 Å². The third kappa shape index (κ3) is 3.30. The van der Waals surface area contributed by atoms with Crippen molar-refractivity contribution in [2.45, 2.75) is 26.5 Å². The summed E-state index contributed by atoms with van der Waals surface area (Å²) in [7, 11) is 0. The molecule has 4 heterocycles. The molecule has 1 aromatic carbocycles. The summed E-state index contributed by atoms with van der Waals surface area (Å²) in [5.41, 5.74) is 2.45. The van der Waals surface area contributed by atoms with Gasteiger partial charge in [0.15, 0.2) is 17.3 Å². The van der Waals surface area contributed by atoms with Crippen molar-refractivity contribution in [3.8, 4) is 11.5 Å². The number of anilines is 1. The molecule has 29 heavy (non-hydrogen) atoms. The minimum Gasteiger partial charge on any atom is -0.486 e. The summed E-state index contributed by atoms with van der Waals surface area (Å²) in [6, 6.07) is 11.2. The van der Waals surface area contributed by atoms with E-state index in [4.69, 9.17) is 13.9 Å². The van der Waals surface area contributed by atoms with Gasteiger partial charge in [0.1, 0.15) is 17.7 Å². The number of ether oxygens (including phenoxy) is 2. The van der Waals surface area contributed by atoms with Crippen LogP contribution in [-0.4, -0.2) is 36.7 Å². The van der Waals surface area contributed by atoms with Crippen LogP contribution in [0.2, 0.25) is 0 Å². The Morgan fingerprint density at radius 1 is 1.17 bits per heavy atom. The van der Waals surface area contributed by atoms with Gasteiger partial charge in [-0.2, -0.15) is 0 Å². The Kier molecular flexibility index (Phi) is 4.56. The lowest BCUT2D eigenvalue weighted by Crippen LogP contribution is -2.49. The monoisotopic (exact) mass is 410 g/mol. The summed E-state index contributed by atoms with van der Waals surface area (Å²) in [6.07, 6.45) is 1.44. The molecule has 7 heteroatoms. The van der Waals surface area contributed by atoms with E-state index in [1.807, 2.05) is 29.2 Å². The number of amides is 1. The van der Waals surface area contributed by atoms with E-state index in [1.165, 1.54) is 22.3 Å².